The molecule has 0 radical (unpaired) electrons. The fourth-order valence-electron chi connectivity index (χ4n) is 2.33. The number of aromatic nitrogens is 2. The lowest BCUT2D eigenvalue weighted by molar-refractivity contribution is -0.133. The molecule has 1 amide bonds. The van der Waals surface area contributed by atoms with E-state index in [0.717, 1.165) is 25.2 Å². The van der Waals surface area contributed by atoms with Crippen molar-refractivity contribution in [2.45, 2.75) is 39.3 Å². The summed E-state index contributed by atoms with van der Waals surface area (Å²) in [5.41, 5.74) is 1.89. The van der Waals surface area contributed by atoms with Gasteiger partial charge in [-0.15, -0.1) is 0 Å². The summed E-state index contributed by atoms with van der Waals surface area (Å²) >= 11 is 1.33. The summed E-state index contributed by atoms with van der Waals surface area (Å²) in [6.45, 7) is 5.74. The van der Waals surface area contributed by atoms with Crippen LogP contribution in [0, 0.1) is 5.41 Å². The van der Waals surface area contributed by atoms with Crippen LogP contribution in [0.25, 0.3) is 0 Å². The molecule has 0 saturated carbocycles. The van der Waals surface area contributed by atoms with Crippen LogP contribution in [0.2, 0.25) is 0 Å². The van der Waals surface area contributed by atoms with Crippen molar-refractivity contribution in [2.24, 2.45) is 5.41 Å². The van der Waals surface area contributed by atoms with Crippen LogP contribution in [-0.2, 0) is 11.3 Å². The summed E-state index contributed by atoms with van der Waals surface area (Å²) in [7, 11) is 1.85. The molecular formula is C12H20N4OS. The number of nitrogens with one attached hydrogen (secondary N) is 1. The number of amides is 1. The molecule has 1 saturated heterocycles. The van der Waals surface area contributed by atoms with Gasteiger partial charge in [-0.3, -0.25) is 4.79 Å². The van der Waals surface area contributed by atoms with Crippen molar-refractivity contribution in [3.63, 3.8) is 0 Å². The zero-order chi connectivity index (χ0) is 13.2. The normalized spacial score (nSPS) is 24.1. The Morgan fingerprint density at radius 2 is 2.39 bits per heavy atom. The van der Waals surface area contributed by atoms with Crippen LogP contribution in [0.4, 0.5) is 0 Å². The van der Waals surface area contributed by atoms with Crippen LogP contribution >= 0.6 is 11.5 Å². The van der Waals surface area contributed by atoms with Crippen molar-refractivity contribution in [1.82, 2.24) is 19.6 Å². The van der Waals surface area contributed by atoms with Crippen LogP contribution in [0.5, 0.6) is 0 Å². The van der Waals surface area contributed by atoms with Crippen LogP contribution in [0.15, 0.2) is 5.51 Å². The molecule has 18 heavy (non-hydrogen) atoms. The van der Waals surface area contributed by atoms with Gasteiger partial charge in [0.15, 0.2) is 5.82 Å². The molecule has 5 nitrogen and oxygen atoms in total. The second-order valence-electron chi connectivity index (χ2n) is 5.57. The lowest BCUT2D eigenvalue weighted by Gasteiger charge is -2.24. The maximum absolute atomic E-state index is 12.4. The number of likely N-dealkylation sites (N-methyl/N-ethyl adjacent to an activating group) is 1. The van der Waals surface area contributed by atoms with Gasteiger partial charge in [0, 0.05) is 6.54 Å². The zero-order valence-corrected chi connectivity index (χ0v) is 12.0. The quantitative estimate of drug-likeness (QED) is 0.897. The van der Waals surface area contributed by atoms with Gasteiger partial charge in [-0.05, 0) is 36.8 Å². The molecule has 1 aliphatic rings. The Labute approximate surface area is 112 Å². The van der Waals surface area contributed by atoms with Crippen LogP contribution in [0.1, 0.15) is 32.5 Å². The number of hydrogen-bond acceptors (Lipinski definition) is 5. The third-order valence-electron chi connectivity index (χ3n) is 3.51. The molecule has 0 aliphatic carbocycles. The predicted octanol–water partition coefficient (Wildman–Crippen LogP) is 1.27. The highest BCUT2D eigenvalue weighted by Gasteiger charge is 2.34. The molecule has 100 valence electrons. The van der Waals surface area contributed by atoms with E-state index in [1.54, 1.807) is 5.51 Å². The highest BCUT2D eigenvalue weighted by molar-refractivity contribution is 7.03. The second-order valence-corrected chi connectivity index (χ2v) is 6.17. The van der Waals surface area contributed by atoms with Gasteiger partial charge in [-0.1, -0.05) is 13.8 Å². The maximum atomic E-state index is 12.4. The molecule has 0 bridgehead atoms. The first-order chi connectivity index (χ1) is 8.52. The Bertz CT molecular complexity index is 404. The van der Waals surface area contributed by atoms with Gasteiger partial charge < -0.3 is 10.2 Å². The predicted molar refractivity (Wildman–Crippen MR) is 71.2 cm³/mol. The van der Waals surface area contributed by atoms with Crippen molar-refractivity contribution in [2.75, 3.05) is 13.6 Å². The Balaban J connectivity index is 2.12. The van der Waals surface area contributed by atoms with Crippen LogP contribution in [0.3, 0.4) is 0 Å². The Morgan fingerprint density at radius 1 is 1.61 bits per heavy atom. The van der Waals surface area contributed by atoms with Crippen molar-refractivity contribution in [1.29, 1.82) is 0 Å². The van der Waals surface area contributed by atoms with E-state index in [4.69, 9.17) is 0 Å². The van der Waals surface area contributed by atoms with Gasteiger partial charge in [0.05, 0.1) is 12.6 Å². The summed E-state index contributed by atoms with van der Waals surface area (Å²) in [6, 6.07) is -0.0962. The number of carbonyl (C=O) groups is 1. The van der Waals surface area contributed by atoms with E-state index in [1.165, 1.54) is 11.5 Å². The third kappa shape index (κ3) is 3.05. The minimum Gasteiger partial charge on any atom is -0.334 e. The standard InChI is InChI=1S/C12H20N4OS/c1-12(2)4-5-16(7-10-14-8-18-15-10)11(17)9(6-12)13-3/h8-9,13H,4-7H2,1-3H3. The monoisotopic (exact) mass is 268 g/mol. The minimum absolute atomic E-state index is 0.0962. The topological polar surface area (TPSA) is 58.1 Å². The molecule has 0 aromatic carbocycles. The van der Waals surface area contributed by atoms with Gasteiger partial charge in [0.1, 0.15) is 5.51 Å². The third-order valence-corrected chi connectivity index (χ3v) is 4.03. The lowest BCUT2D eigenvalue weighted by atomic mass is 9.83. The largest absolute Gasteiger partial charge is 0.334 e. The molecule has 1 unspecified atom stereocenters. The van der Waals surface area contributed by atoms with Gasteiger partial charge in [0.25, 0.3) is 0 Å². The van der Waals surface area contributed by atoms with E-state index in [1.807, 2.05) is 11.9 Å². The minimum atomic E-state index is -0.0962. The number of nitrogens with zero attached hydrogens (tertiary/aromatic N) is 3. The van der Waals surface area contributed by atoms with E-state index in [-0.39, 0.29) is 17.4 Å². The molecule has 1 aromatic heterocycles. The number of carbonyl (C=O) groups excluding carboxylic acids is 1. The average molecular weight is 268 g/mol. The first-order valence-corrected chi connectivity index (χ1v) is 7.07. The van der Waals surface area contributed by atoms with Gasteiger partial charge >= 0.3 is 0 Å². The van der Waals surface area contributed by atoms with Gasteiger partial charge in [0.2, 0.25) is 5.91 Å². The SMILES string of the molecule is CNC1CC(C)(C)CCN(Cc2ncsn2)C1=O. The van der Waals surface area contributed by atoms with Crippen molar-refractivity contribution >= 4 is 17.4 Å². The van der Waals surface area contributed by atoms with Crippen LogP contribution in [-0.4, -0.2) is 39.8 Å². The Hall–Kier alpha value is -1.01. The second kappa shape index (κ2) is 5.32. The van der Waals surface area contributed by atoms with Crippen LogP contribution < -0.4 is 5.32 Å². The van der Waals surface area contributed by atoms with Gasteiger partial charge in [-0.2, -0.15) is 4.37 Å². The fraction of sp³-hybridized carbons (Fsp3) is 0.750. The first-order valence-electron chi connectivity index (χ1n) is 6.23. The molecule has 0 spiro atoms. The molecule has 1 atom stereocenters. The summed E-state index contributed by atoms with van der Waals surface area (Å²) in [5, 5.41) is 3.13. The molecule has 6 heteroatoms. The molecular weight excluding hydrogens is 248 g/mol. The first kappa shape index (κ1) is 13.4. The van der Waals surface area contributed by atoms with Gasteiger partial charge in [-0.25, -0.2) is 4.98 Å². The summed E-state index contributed by atoms with van der Waals surface area (Å²) in [6.07, 6.45) is 1.89. The smallest absolute Gasteiger partial charge is 0.240 e. The van der Waals surface area contributed by atoms with E-state index in [9.17, 15) is 4.79 Å². The van der Waals surface area contributed by atoms with E-state index in [0.29, 0.717) is 6.54 Å². The summed E-state index contributed by atoms with van der Waals surface area (Å²) < 4.78 is 4.18. The Morgan fingerprint density at radius 3 is 3.00 bits per heavy atom. The lowest BCUT2D eigenvalue weighted by Crippen LogP contribution is -2.44. The number of hydrogen-bond donors (Lipinski definition) is 1. The van der Waals surface area contributed by atoms with Crippen molar-refractivity contribution in [3.05, 3.63) is 11.3 Å². The van der Waals surface area contributed by atoms with Crippen molar-refractivity contribution in [3.8, 4) is 0 Å². The fourth-order valence-corrected chi connectivity index (χ4v) is 2.77. The highest BCUT2D eigenvalue weighted by Crippen LogP contribution is 2.30. The highest BCUT2D eigenvalue weighted by atomic mass is 32.1. The molecule has 1 aliphatic heterocycles. The number of rotatable bonds is 3. The summed E-state index contributed by atoms with van der Waals surface area (Å²) in [4.78, 5) is 18.4. The molecule has 2 heterocycles. The number of likely N-dealkylation sites (tertiary alicyclic amines) is 1. The molecule has 2 rings (SSSR count). The molecule has 1 aromatic rings. The Kier molecular flexibility index (Phi) is 3.97. The summed E-state index contributed by atoms with van der Waals surface area (Å²) in [5.74, 6) is 0.904. The van der Waals surface area contributed by atoms with E-state index in [2.05, 4.69) is 28.5 Å². The molecule has 1 fully saturated rings. The van der Waals surface area contributed by atoms with E-state index >= 15 is 0 Å². The molecule has 1 N–H and O–H groups in total. The van der Waals surface area contributed by atoms with E-state index < -0.39 is 0 Å². The zero-order valence-electron chi connectivity index (χ0n) is 11.1. The maximum Gasteiger partial charge on any atom is 0.240 e. The average Bonchev–Trinajstić information content (AvgIpc) is 2.79. The van der Waals surface area contributed by atoms with Crippen molar-refractivity contribution < 1.29 is 4.79 Å².